The first kappa shape index (κ1) is 21.2. The minimum Gasteiger partial charge on any atom is -0.618 e. The van der Waals surface area contributed by atoms with E-state index in [0.29, 0.717) is 50.4 Å². The number of likely N-dealkylation sites (N-methyl/N-ethyl adjacent to an activating group) is 1. The molecule has 2 amide bonds. The number of methoxy groups -OCH3 is 1. The van der Waals surface area contributed by atoms with E-state index in [-0.39, 0.29) is 23.9 Å². The number of hydrogen-bond donors (Lipinski definition) is 2. The molecule has 0 saturated carbocycles. The summed E-state index contributed by atoms with van der Waals surface area (Å²) in [6.45, 7) is 2.30. The van der Waals surface area contributed by atoms with Gasteiger partial charge in [0.25, 0.3) is 5.91 Å². The van der Waals surface area contributed by atoms with Crippen LogP contribution in [0.5, 0.6) is 11.5 Å². The maximum Gasteiger partial charge on any atom is 0.319 e. The van der Waals surface area contributed by atoms with E-state index < -0.39 is 5.91 Å². The number of anilines is 2. The van der Waals surface area contributed by atoms with Crippen LogP contribution in [0.4, 0.5) is 11.4 Å². The smallest absolute Gasteiger partial charge is 0.319 e. The zero-order chi connectivity index (χ0) is 23.0. The van der Waals surface area contributed by atoms with Crippen molar-refractivity contribution < 1.29 is 23.8 Å². The number of aromatic nitrogens is 1. The molecule has 0 unspecified atom stereocenters. The topological polar surface area (TPSA) is 121 Å². The third kappa shape index (κ3) is 3.41. The van der Waals surface area contributed by atoms with Gasteiger partial charge >= 0.3 is 11.6 Å². The van der Waals surface area contributed by atoms with E-state index in [1.165, 1.54) is 18.2 Å². The summed E-state index contributed by atoms with van der Waals surface area (Å²) in [5.74, 6) is 0.353. The molecule has 0 radical (unpaired) electrons. The van der Waals surface area contributed by atoms with E-state index in [1.807, 2.05) is 13.0 Å². The number of pyridine rings is 1. The number of amides is 2. The Balaban J connectivity index is 1.91. The zero-order valence-electron chi connectivity index (χ0n) is 18.1. The Morgan fingerprint density at radius 2 is 2.09 bits per heavy atom. The van der Waals surface area contributed by atoms with Crippen molar-refractivity contribution in [2.45, 2.75) is 13.3 Å². The summed E-state index contributed by atoms with van der Waals surface area (Å²) in [4.78, 5) is 26.0. The fraction of sp³-hybridized carbons (Fsp3) is 0.261. The molecule has 2 aromatic carbocycles. The molecule has 1 aliphatic rings. The number of fused-ring (bicyclic) bond motifs is 2. The van der Waals surface area contributed by atoms with Crippen LogP contribution in [0.25, 0.3) is 21.9 Å². The average molecular weight is 436 g/mol. The molecule has 9 heteroatoms. The maximum absolute atomic E-state index is 12.8. The van der Waals surface area contributed by atoms with Gasteiger partial charge < -0.3 is 30.6 Å². The number of nitrogens with two attached hydrogens (primary N) is 1. The van der Waals surface area contributed by atoms with Crippen molar-refractivity contribution in [3.8, 4) is 22.6 Å². The number of carbonyl (C=O) groups excluding carboxylic acids is 2. The molecule has 9 nitrogen and oxygen atoms in total. The molecule has 0 spiro atoms. The standard InChI is InChI=1S/C23H24N4O5/c1-4-8-25-23(29)22-21(24)14-7-5-6-13(16(14)11-27(22)30)15-9-19-17(10-18(15)31-3)26(2)20(28)12-32-19/h5-7,9-11H,4,8,12,24H2,1-3H3,(H,25,29). The lowest BCUT2D eigenvalue weighted by Crippen LogP contribution is -2.40. The van der Waals surface area contributed by atoms with Gasteiger partial charge in [0.1, 0.15) is 17.2 Å². The van der Waals surface area contributed by atoms with Crippen LogP contribution in [0, 0.1) is 5.21 Å². The van der Waals surface area contributed by atoms with Crippen LogP contribution < -0.4 is 30.2 Å². The van der Waals surface area contributed by atoms with Crippen molar-refractivity contribution in [2.24, 2.45) is 0 Å². The normalized spacial score (nSPS) is 13.0. The lowest BCUT2D eigenvalue weighted by Gasteiger charge is -2.27. The Labute approximate surface area is 184 Å². The van der Waals surface area contributed by atoms with Crippen molar-refractivity contribution in [1.29, 1.82) is 0 Å². The summed E-state index contributed by atoms with van der Waals surface area (Å²) in [6.07, 6.45) is 2.08. The Morgan fingerprint density at radius 1 is 1.31 bits per heavy atom. The number of nitrogens with zero attached hydrogens (tertiary/aromatic N) is 2. The maximum atomic E-state index is 12.8. The fourth-order valence-electron chi connectivity index (χ4n) is 3.82. The van der Waals surface area contributed by atoms with Gasteiger partial charge in [-0.05, 0) is 18.1 Å². The van der Waals surface area contributed by atoms with E-state index >= 15 is 0 Å². The summed E-state index contributed by atoms with van der Waals surface area (Å²) in [6, 6.07) is 8.90. The highest BCUT2D eigenvalue weighted by atomic mass is 16.5. The third-order valence-corrected chi connectivity index (χ3v) is 5.53. The van der Waals surface area contributed by atoms with Gasteiger partial charge in [-0.2, -0.15) is 4.73 Å². The second kappa shape index (κ2) is 8.26. The summed E-state index contributed by atoms with van der Waals surface area (Å²) in [7, 11) is 3.20. The molecule has 0 saturated heterocycles. The van der Waals surface area contributed by atoms with Crippen LogP contribution >= 0.6 is 0 Å². The Kier molecular flexibility index (Phi) is 5.48. The highest BCUT2D eigenvalue weighted by Gasteiger charge is 2.27. The average Bonchev–Trinajstić information content (AvgIpc) is 2.79. The number of nitrogen functional groups attached to an aromatic ring is 1. The first-order chi connectivity index (χ1) is 15.4. The van der Waals surface area contributed by atoms with Gasteiger partial charge in [-0.25, -0.2) is 0 Å². The molecule has 4 rings (SSSR count). The third-order valence-electron chi connectivity index (χ3n) is 5.53. The van der Waals surface area contributed by atoms with Crippen LogP contribution in [0.1, 0.15) is 23.8 Å². The highest BCUT2D eigenvalue weighted by molar-refractivity contribution is 6.09. The summed E-state index contributed by atoms with van der Waals surface area (Å²) < 4.78 is 11.7. The van der Waals surface area contributed by atoms with Gasteiger partial charge in [0.15, 0.2) is 12.8 Å². The van der Waals surface area contributed by atoms with Gasteiger partial charge in [-0.15, -0.1) is 0 Å². The Hall–Kier alpha value is -4.01. The molecular formula is C23H24N4O5. The minimum absolute atomic E-state index is 0.0610. The number of benzene rings is 2. The monoisotopic (exact) mass is 436 g/mol. The van der Waals surface area contributed by atoms with E-state index in [9.17, 15) is 14.8 Å². The molecule has 0 aliphatic carbocycles. The molecule has 0 atom stereocenters. The van der Waals surface area contributed by atoms with Crippen molar-refractivity contribution in [3.63, 3.8) is 0 Å². The van der Waals surface area contributed by atoms with Gasteiger partial charge in [0, 0.05) is 30.6 Å². The van der Waals surface area contributed by atoms with E-state index in [4.69, 9.17) is 15.2 Å². The Morgan fingerprint density at radius 3 is 2.81 bits per heavy atom. The second-order valence-electron chi connectivity index (χ2n) is 7.50. The summed E-state index contributed by atoms with van der Waals surface area (Å²) >= 11 is 0. The molecule has 3 N–H and O–H groups in total. The van der Waals surface area contributed by atoms with Gasteiger partial charge in [-0.1, -0.05) is 25.1 Å². The van der Waals surface area contributed by atoms with E-state index in [1.54, 1.807) is 31.3 Å². The lowest BCUT2D eigenvalue weighted by atomic mass is 9.96. The zero-order valence-corrected chi connectivity index (χ0v) is 18.1. The minimum atomic E-state index is -0.515. The first-order valence-corrected chi connectivity index (χ1v) is 10.2. The van der Waals surface area contributed by atoms with Crippen LogP contribution in [0.3, 0.4) is 0 Å². The van der Waals surface area contributed by atoms with Crippen LogP contribution in [-0.2, 0) is 4.79 Å². The summed E-state index contributed by atoms with van der Waals surface area (Å²) in [5.41, 5.74) is 8.18. The van der Waals surface area contributed by atoms with Gasteiger partial charge in [0.05, 0.1) is 18.2 Å². The van der Waals surface area contributed by atoms with Crippen LogP contribution in [0.15, 0.2) is 36.5 Å². The molecule has 0 bridgehead atoms. The largest absolute Gasteiger partial charge is 0.618 e. The van der Waals surface area contributed by atoms with Crippen molar-refractivity contribution in [2.75, 3.05) is 37.9 Å². The second-order valence-corrected chi connectivity index (χ2v) is 7.50. The van der Waals surface area contributed by atoms with Crippen molar-refractivity contribution in [1.82, 2.24) is 5.32 Å². The predicted octanol–water partition coefficient (Wildman–Crippen LogP) is 2.23. The number of nitrogens with one attached hydrogen (secondary N) is 1. The number of hydrogen-bond acceptors (Lipinski definition) is 6. The fourth-order valence-corrected chi connectivity index (χ4v) is 3.82. The van der Waals surface area contributed by atoms with Gasteiger partial charge in [0.2, 0.25) is 0 Å². The molecule has 32 heavy (non-hydrogen) atoms. The lowest BCUT2D eigenvalue weighted by molar-refractivity contribution is -0.605. The first-order valence-electron chi connectivity index (χ1n) is 10.2. The predicted molar refractivity (Wildman–Crippen MR) is 121 cm³/mol. The highest BCUT2D eigenvalue weighted by Crippen LogP contribution is 2.44. The molecule has 2 heterocycles. The van der Waals surface area contributed by atoms with Crippen molar-refractivity contribution >= 4 is 34.0 Å². The number of ether oxygens (including phenoxy) is 2. The molecular weight excluding hydrogens is 412 g/mol. The number of carbonyl (C=O) groups is 2. The SMILES string of the molecule is CCCNC(=O)c1c(N)c2cccc(-c3cc4c(cc3OC)N(C)C(=O)CO4)c2c[n+]1[O-]. The van der Waals surface area contributed by atoms with E-state index in [2.05, 4.69) is 5.32 Å². The molecule has 166 valence electrons. The molecule has 3 aromatic rings. The molecule has 1 aliphatic heterocycles. The van der Waals surface area contributed by atoms with Crippen LogP contribution in [-0.4, -0.2) is 39.1 Å². The quantitative estimate of drug-likeness (QED) is 0.467. The molecule has 1 aromatic heterocycles. The Bertz CT molecular complexity index is 1240. The van der Waals surface area contributed by atoms with Crippen molar-refractivity contribution in [3.05, 3.63) is 47.4 Å². The summed E-state index contributed by atoms with van der Waals surface area (Å²) in [5, 5.41) is 16.6. The van der Waals surface area contributed by atoms with Crippen LogP contribution in [0.2, 0.25) is 0 Å². The van der Waals surface area contributed by atoms with Gasteiger partial charge in [-0.3, -0.25) is 9.59 Å². The van der Waals surface area contributed by atoms with E-state index in [0.717, 1.165) is 6.42 Å². The number of rotatable bonds is 5. The molecule has 0 fully saturated rings.